The number of rotatable bonds is 9. The lowest BCUT2D eigenvalue weighted by molar-refractivity contribution is -0.116. The number of nitrogens with two attached hydrogens (primary N) is 1. The van der Waals surface area contributed by atoms with Crippen LogP contribution < -0.4 is 19.5 Å². The summed E-state index contributed by atoms with van der Waals surface area (Å²) in [5.41, 5.74) is 6.05. The van der Waals surface area contributed by atoms with E-state index < -0.39 is 28.6 Å². The maximum absolute atomic E-state index is 13.6. The monoisotopic (exact) mass is 491 g/mol. The summed E-state index contributed by atoms with van der Waals surface area (Å²) in [6.45, 7) is -0.672. The number of ether oxygens (including phenoxy) is 2. The van der Waals surface area contributed by atoms with Gasteiger partial charge in [0.25, 0.3) is 10.0 Å². The number of amides is 1. The number of aliphatic hydroxyl groups is 1. The van der Waals surface area contributed by atoms with E-state index in [1.165, 1.54) is 63.0 Å². The van der Waals surface area contributed by atoms with Crippen molar-refractivity contribution in [3.8, 4) is 11.5 Å². The normalized spacial score (nSPS) is 12.1. The molecule has 33 heavy (non-hydrogen) atoms. The van der Waals surface area contributed by atoms with Gasteiger partial charge in [0.05, 0.1) is 24.8 Å². The first-order chi connectivity index (χ1) is 15.7. The van der Waals surface area contributed by atoms with Crippen LogP contribution in [-0.2, 0) is 14.8 Å². The molecule has 2 aromatic carbocycles. The van der Waals surface area contributed by atoms with E-state index in [4.69, 9.17) is 26.8 Å². The highest BCUT2D eigenvalue weighted by Crippen LogP contribution is 2.37. The number of hydrogen-bond donors (Lipinski definition) is 2. The van der Waals surface area contributed by atoms with Crippen LogP contribution >= 0.6 is 11.6 Å². The third-order valence-corrected chi connectivity index (χ3v) is 6.81. The molecule has 0 saturated carbocycles. The van der Waals surface area contributed by atoms with Crippen molar-refractivity contribution in [3.63, 3.8) is 0 Å². The van der Waals surface area contributed by atoms with Gasteiger partial charge in [0.1, 0.15) is 12.6 Å². The van der Waals surface area contributed by atoms with Crippen LogP contribution in [0.25, 0.3) is 0 Å². The highest BCUT2D eigenvalue weighted by Gasteiger charge is 2.31. The zero-order chi connectivity index (χ0) is 24.2. The molecule has 11 heteroatoms. The second kappa shape index (κ2) is 10.1. The van der Waals surface area contributed by atoms with Crippen molar-refractivity contribution in [1.29, 1.82) is 0 Å². The molecule has 0 spiro atoms. The number of carbonyl (C=O) groups is 1. The summed E-state index contributed by atoms with van der Waals surface area (Å²) in [5, 5.41) is 11.3. The van der Waals surface area contributed by atoms with Crippen molar-refractivity contribution in [2.45, 2.75) is 11.0 Å². The first kappa shape index (κ1) is 24.3. The second-order valence-corrected chi connectivity index (χ2v) is 9.18. The Morgan fingerprint density at radius 1 is 1.09 bits per heavy atom. The van der Waals surface area contributed by atoms with Crippen LogP contribution in [0.2, 0.25) is 5.02 Å². The van der Waals surface area contributed by atoms with Gasteiger partial charge in [-0.25, -0.2) is 8.42 Å². The fourth-order valence-corrected chi connectivity index (χ4v) is 4.90. The maximum atomic E-state index is 13.6. The van der Waals surface area contributed by atoms with Gasteiger partial charge in [-0.05, 0) is 48.0 Å². The van der Waals surface area contributed by atoms with E-state index in [1.807, 2.05) is 0 Å². The largest absolute Gasteiger partial charge is 0.493 e. The van der Waals surface area contributed by atoms with Gasteiger partial charge in [0.2, 0.25) is 5.91 Å². The lowest BCUT2D eigenvalue weighted by Gasteiger charge is -2.27. The molecule has 174 valence electrons. The van der Waals surface area contributed by atoms with Crippen molar-refractivity contribution in [2.24, 2.45) is 5.73 Å². The summed E-state index contributed by atoms with van der Waals surface area (Å²) in [6.07, 6.45) is 1.73. The number of aliphatic hydroxyl groups excluding tert-OH is 1. The predicted octanol–water partition coefficient (Wildman–Crippen LogP) is 2.51. The number of sulfonamides is 1. The fraction of sp³-hybridized carbons (Fsp3) is 0.182. The first-order valence-electron chi connectivity index (χ1n) is 9.59. The first-order valence-corrected chi connectivity index (χ1v) is 11.4. The standard InChI is InChI=1S/C22H22ClN3O6S/c1-31-19-6-4-16(12-20(19)32-2)33(29,30)26(13-21(24)27)18-5-3-15(23)11-17(18)22(28)14-7-9-25-10-8-14/h3-12,22,28H,13H2,1-2H3,(H2,24,27). The van der Waals surface area contributed by atoms with Crippen molar-refractivity contribution < 1.29 is 27.8 Å². The van der Waals surface area contributed by atoms with Gasteiger partial charge in [0.15, 0.2) is 11.5 Å². The minimum atomic E-state index is -4.33. The van der Waals surface area contributed by atoms with Crippen LogP contribution in [0.15, 0.2) is 65.8 Å². The predicted molar refractivity (Wildman–Crippen MR) is 123 cm³/mol. The molecule has 3 aromatic rings. The summed E-state index contributed by atoms with van der Waals surface area (Å²) in [6, 6.07) is 11.5. The summed E-state index contributed by atoms with van der Waals surface area (Å²) in [7, 11) is -1.53. The summed E-state index contributed by atoms with van der Waals surface area (Å²) in [4.78, 5) is 15.6. The van der Waals surface area contributed by atoms with Crippen LogP contribution in [-0.4, -0.2) is 45.2 Å². The lowest BCUT2D eigenvalue weighted by Crippen LogP contribution is -2.39. The van der Waals surface area contributed by atoms with Gasteiger partial charge in [-0.2, -0.15) is 0 Å². The SMILES string of the molecule is COc1ccc(S(=O)(=O)N(CC(N)=O)c2ccc(Cl)cc2C(O)c2ccncc2)cc1OC. The van der Waals surface area contributed by atoms with E-state index >= 15 is 0 Å². The molecule has 0 radical (unpaired) electrons. The van der Waals surface area contributed by atoms with E-state index in [0.29, 0.717) is 11.3 Å². The number of methoxy groups -OCH3 is 2. The lowest BCUT2D eigenvalue weighted by atomic mass is 10.0. The number of nitrogens with zero attached hydrogens (tertiary/aromatic N) is 2. The Morgan fingerprint density at radius 2 is 1.76 bits per heavy atom. The molecule has 0 aliphatic heterocycles. The molecule has 1 aromatic heterocycles. The molecule has 1 amide bonds. The number of anilines is 1. The molecule has 1 heterocycles. The molecule has 0 aliphatic carbocycles. The fourth-order valence-electron chi connectivity index (χ4n) is 3.24. The molecule has 3 N–H and O–H groups in total. The molecule has 1 atom stereocenters. The van der Waals surface area contributed by atoms with E-state index in [2.05, 4.69) is 4.98 Å². The Kier molecular flexibility index (Phi) is 7.42. The Morgan fingerprint density at radius 3 is 2.36 bits per heavy atom. The van der Waals surface area contributed by atoms with Crippen LogP contribution in [0.4, 0.5) is 5.69 Å². The number of carbonyl (C=O) groups excluding carboxylic acids is 1. The van der Waals surface area contributed by atoms with Gasteiger partial charge in [-0.3, -0.25) is 14.1 Å². The maximum Gasteiger partial charge on any atom is 0.264 e. The van der Waals surface area contributed by atoms with Gasteiger partial charge in [-0.15, -0.1) is 0 Å². The van der Waals surface area contributed by atoms with Crippen LogP contribution in [0.3, 0.4) is 0 Å². The van der Waals surface area contributed by atoms with Gasteiger partial charge in [-0.1, -0.05) is 11.6 Å². The quantitative estimate of drug-likeness (QED) is 0.470. The number of benzene rings is 2. The minimum absolute atomic E-state index is 0.0392. The van der Waals surface area contributed by atoms with E-state index in [1.54, 1.807) is 12.1 Å². The van der Waals surface area contributed by atoms with E-state index in [0.717, 1.165) is 4.31 Å². The summed E-state index contributed by atoms with van der Waals surface area (Å²) < 4.78 is 38.5. The topological polar surface area (TPSA) is 132 Å². The van der Waals surface area contributed by atoms with Gasteiger partial charge in [0, 0.05) is 29.0 Å². The number of pyridine rings is 1. The Labute approximate surface area is 196 Å². The number of hydrogen-bond acceptors (Lipinski definition) is 7. The number of primary amides is 1. The third-order valence-electron chi connectivity index (χ3n) is 4.82. The Balaban J connectivity index is 2.19. The molecule has 9 nitrogen and oxygen atoms in total. The van der Waals surface area contributed by atoms with Crippen molar-refractivity contribution in [2.75, 3.05) is 25.1 Å². The smallest absolute Gasteiger partial charge is 0.264 e. The molecule has 0 aliphatic rings. The average molecular weight is 492 g/mol. The molecule has 0 saturated heterocycles. The molecular weight excluding hydrogens is 470 g/mol. The van der Waals surface area contributed by atoms with Crippen LogP contribution in [0, 0.1) is 0 Å². The van der Waals surface area contributed by atoms with Gasteiger partial charge < -0.3 is 20.3 Å². The third kappa shape index (κ3) is 5.19. The van der Waals surface area contributed by atoms with E-state index in [9.17, 15) is 18.3 Å². The molecule has 3 rings (SSSR count). The highest BCUT2D eigenvalue weighted by atomic mass is 35.5. The summed E-state index contributed by atoms with van der Waals surface area (Å²) in [5.74, 6) is -0.373. The number of aromatic nitrogens is 1. The highest BCUT2D eigenvalue weighted by molar-refractivity contribution is 7.92. The Bertz CT molecular complexity index is 1250. The summed E-state index contributed by atoms with van der Waals surface area (Å²) >= 11 is 6.15. The Hall–Kier alpha value is -3.34. The number of halogens is 1. The zero-order valence-electron chi connectivity index (χ0n) is 17.8. The van der Waals surface area contributed by atoms with Crippen molar-refractivity contribution in [3.05, 3.63) is 77.1 Å². The average Bonchev–Trinajstić information content (AvgIpc) is 2.82. The second-order valence-electron chi connectivity index (χ2n) is 6.88. The van der Waals surface area contributed by atoms with Gasteiger partial charge >= 0.3 is 0 Å². The van der Waals surface area contributed by atoms with Crippen LogP contribution in [0.1, 0.15) is 17.2 Å². The molecule has 0 fully saturated rings. The van der Waals surface area contributed by atoms with Crippen molar-refractivity contribution >= 4 is 33.2 Å². The van der Waals surface area contributed by atoms with Crippen molar-refractivity contribution in [1.82, 2.24) is 4.98 Å². The van der Waals surface area contributed by atoms with E-state index in [-0.39, 0.29) is 26.9 Å². The molecular formula is C22H22ClN3O6S. The molecule has 0 bridgehead atoms. The molecule has 1 unspecified atom stereocenters. The zero-order valence-corrected chi connectivity index (χ0v) is 19.4. The minimum Gasteiger partial charge on any atom is -0.493 e. The van der Waals surface area contributed by atoms with Crippen LogP contribution in [0.5, 0.6) is 11.5 Å².